The fraction of sp³-hybridized carbons (Fsp3) is 0.588. The molecule has 6 nitrogen and oxygen atoms in total. The Hall–Kier alpha value is -1.95. The number of para-hydroxylation sites is 1. The van der Waals surface area contributed by atoms with Crippen LogP contribution in [0.5, 0.6) is 0 Å². The molecule has 0 unspecified atom stereocenters. The lowest BCUT2D eigenvalue weighted by Crippen LogP contribution is -2.46. The van der Waals surface area contributed by atoms with Crippen molar-refractivity contribution in [2.75, 3.05) is 19.6 Å². The molecule has 0 radical (unpaired) electrons. The molecule has 126 valence electrons. The SMILES string of the molecule is C[C@@H]1CCCN([C@@H](C)CNC(=O)Cc2ccccc2[N+](=O)[O-])C1. The molecule has 1 aliphatic heterocycles. The summed E-state index contributed by atoms with van der Waals surface area (Å²) >= 11 is 0. The molecule has 0 aliphatic carbocycles. The highest BCUT2D eigenvalue weighted by Crippen LogP contribution is 2.19. The molecule has 1 saturated heterocycles. The van der Waals surface area contributed by atoms with Gasteiger partial charge in [-0.15, -0.1) is 0 Å². The third-order valence-electron chi connectivity index (χ3n) is 4.45. The van der Waals surface area contributed by atoms with Crippen LogP contribution in [0.4, 0.5) is 5.69 Å². The second-order valence-electron chi connectivity index (χ2n) is 6.46. The van der Waals surface area contributed by atoms with Crippen molar-refractivity contribution in [1.29, 1.82) is 0 Å². The lowest BCUT2D eigenvalue weighted by Gasteiger charge is -2.35. The molecule has 1 heterocycles. The Bertz CT molecular complexity index is 562. The number of nitro groups is 1. The molecule has 1 aromatic carbocycles. The van der Waals surface area contributed by atoms with Crippen LogP contribution in [0.25, 0.3) is 0 Å². The van der Waals surface area contributed by atoms with Gasteiger partial charge in [0, 0.05) is 30.8 Å². The summed E-state index contributed by atoms with van der Waals surface area (Å²) in [7, 11) is 0. The van der Waals surface area contributed by atoms with Gasteiger partial charge in [0.2, 0.25) is 5.91 Å². The number of nitrogens with one attached hydrogen (secondary N) is 1. The zero-order valence-electron chi connectivity index (χ0n) is 13.8. The van der Waals surface area contributed by atoms with Gasteiger partial charge in [0.1, 0.15) is 0 Å². The maximum absolute atomic E-state index is 12.1. The van der Waals surface area contributed by atoms with E-state index in [0.717, 1.165) is 13.1 Å². The summed E-state index contributed by atoms with van der Waals surface area (Å²) in [6.45, 7) is 7.09. The summed E-state index contributed by atoms with van der Waals surface area (Å²) in [5, 5.41) is 13.9. The third kappa shape index (κ3) is 5.03. The standard InChI is InChI=1S/C17H25N3O3/c1-13-6-5-9-19(12-13)14(2)11-18-17(21)10-15-7-3-4-8-16(15)20(22)23/h3-4,7-8,13-14H,5-6,9-12H2,1-2H3,(H,18,21)/t13-,14+/m1/s1. The largest absolute Gasteiger partial charge is 0.354 e. The van der Waals surface area contributed by atoms with Crippen molar-refractivity contribution in [3.8, 4) is 0 Å². The van der Waals surface area contributed by atoms with Gasteiger partial charge in [-0.2, -0.15) is 0 Å². The first kappa shape index (κ1) is 17.4. The van der Waals surface area contributed by atoms with Crippen molar-refractivity contribution in [2.24, 2.45) is 5.92 Å². The molecule has 23 heavy (non-hydrogen) atoms. The first-order valence-corrected chi connectivity index (χ1v) is 8.20. The van der Waals surface area contributed by atoms with Gasteiger partial charge in [-0.1, -0.05) is 25.1 Å². The van der Waals surface area contributed by atoms with Crippen LogP contribution in [0, 0.1) is 16.0 Å². The Labute approximate surface area is 137 Å². The zero-order chi connectivity index (χ0) is 16.8. The molecule has 0 saturated carbocycles. The van der Waals surface area contributed by atoms with Crippen LogP contribution >= 0.6 is 0 Å². The first-order chi connectivity index (χ1) is 11.0. The highest BCUT2D eigenvalue weighted by atomic mass is 16.6. The van der Waals surface area contributed by atoms with E-state index in [-0.39, 0.29) is 24.1 Å². The molecule has 0 spiro atoms. The number of benzene rings is 1. The van der Waals surface area contributed by atoms with Gasteiger partial charge in [0.25, 0.3) is 5.69 Å². The number of carbonyl (C=O) groups is 1. The van der Waals surface area contributed by atoms with Crippen LogP contribution in [-0.4, -0.2) is 41.4 Å². The number of hydrogen-bond donors (Lipinski definition) is 1. The van der Waals surface area contributed by atoms with E-state index in [4.69, 9.17) is 0 Å². The molecule has 0 aromatic heterocycles. The number of nitrogens with zero attached hydrogens (tertiary/aromatic N) is 2. The smallest absolute Gasteiger partial charge is 0.273 e. The maximum Gasteiger partial charge on any atom is 0.273 e. The summed E-state index contributed by atoms with van der Waals surface area (Å²) in [4.78, 5) is 25.0. The number of nitro benzene ring substituents is 1. The van der Waals surface area contributed by atoms with E-state index in [1.807, 2.05) is 0 Å². The second kappa shape index (κ2) is 8.06. The Kier molecular flexibility index (Phi) is 6.10. The van der Waals surface area contributed by atoms with Crippen LogP contribution in [-0.2, 0) is 11.2 Å². The van der Waals surface area contributed by atoms with Gasteiger partial charge < -0.3 is 5.32 Å². The van der Waals surface area contributed by atoms with Crippen molar-refractivity contribution < 1.29 is 9.72 Å². The number of likely N-dealkylation sites (tertiary alicyclic amines) is 1. The van der Waals surface area contributed by atoms with Crippen molar-refractivity contribution in [3.63, 3.8) is 0 Å². The van der Waals surface area contributed by atoms with Gasteiger partial charge >= 0.3 is 0 Å². The van der Waals surface area contributed by atoms with Gasteiger partial charge in [-0.25, -0.2) is 0 Å². The lowest BCUT2D eigenvalue weighted by atomic mass is 9.99. The highest BCUT2D eigenvalue weighted by molar-refractivity contribution is 5.79. The predicted molar refractivity (Wildman–Crippen MR) is 89.2 cm³/mol. The average Bonchev–Trinajstić information content (AvgIpc) is 2.53. The summed E-state index contributed by atoms with van der Waals surface area (Å²) < 4.78 is 0. The van der Waals surface area contributed by atoms with Gasteiger partial charge in [0.05, 0.1) is 11.3 Å². The topological polar surface area (TPSA) is 75.5 Å². The molecule has 1 N–H and O–H groups in total. The molecule has 1 fully saturated rings. The van der Waals surface area contributed by atoms with Crippen molar-refractivity contribution in [2.45, 2.75) is 39.2 Å². The quantitative estimate of drug-likeness (QED) is 0.645. The predicted octanol–water partition coefficient (Wildman–Crippen LogP) is 2.37. The van der Waals surface area contributed by atoms with E-state index in [2.05, 4.69) is 24.1 Å². The molecule has 2 rings (SSSR count). The third-order valence-corrected chi connectivity index (χ3v) is 4.45. The Morgan fingerprint density at radius 1 is 1.48 bits per heavy atom. The summed E-state index contributed by atoms with van der Waals surface area (Å²) in [5.74, 6) is 0.532. The van der Waals surface area contributed by atoms with Crippen molar-refractivity contribution in [3.05, 3.63) is 39.9 Å². The number of carbonyl (C=O) groups excluding carboxylic acids is 1. The zero-order valence-corrected chi connectivity index (χ0v) is 13.8. The first-order valence-electron chi connectivity index (χ1n) is 8.20. The van der Waals surface area contributed by atoms with Crippen molar-refractivity contribution in [1.82, 2.24) is 10.2 Å². The van der Waals surface area contributed by atoms with E-state index in [0.29, 0.717) is 18.0 Å². The molecule has 6 heteroatoms. The monoisotopic (exact) mass is 319 g/mol. The Morgan fingerprint density at radius 3 is 2.91 bits per heavy atom. The fourth-order valence-electron chi connectivity index (χ4n) is 3.09. The van der Waals surface area contributed by atoms with E-state index < -0.39 is 4.92 Å². The number of rotatable bonds is 6. The molecular formula is C17H25N3O3. The minimum absolute atomic E-state index is 0.000513. The lowest BCUT2D eigenvalue weighted by molar-refractivity contribution is -0.385. The van der Waals surface area contributed by atoms with Gasteiger partial charge in [-0.3, -0.25) is 19.8 Å². The van der Waals surface area contributed by atoms with E-state index in [1.165, 1.54) is 18.9 Å². The van der Waals surface area contributed by atoms with Crippen molar-refractivity contribution >= 4 is 11.6 Å². The van der Waals surface area contributed by atoms with E-state index >= 15 is 0 Å². The molecular weight excluding hydrogens is 294 g/mol. The fourth-order valence-corrected chi connectivity index (χ4v) is 3.09. The molecule has 1 aliphatic rings. The number of piperidine rings is 1. The minimum atomic E-state index is -0.444. The highest BCUT2D eigenvalue weighted by Gasteiger charge is 2.21. The molecule has 2 atom stereocenters. The van der Waals surface area contributed by atoms with E-state index in [9.17, 15) is 14.9 Å². The second-order valence-corrected chi connectivity index (χ2v) is 6.46. The molecule has 1 amide bonds. The van der Waals surface area contributed by atoms with Crippen LogP contribution < -0.4 is 5.32 Å². The Morgan fingerprint density at radius 2 is 2.22 bits per heavy atom. The number of hydrogen-bond acceptors (Lipinski definition) is 4. The Balaban J connectivity index is 1.84. The minimum Gasteiger partial charge on any atom is -0.354 e. The summed E-state index contributed by atoms with van der Waals surface area (Å²) in [6.07, 6.45) is 2.52. The molecule has 1 aromatic rings. The molecule has 0 bridgehead atoms. The van der Waals surface area contributed by atoms with E-state index in [1.54, 1.807) is 18.2 Å². The van der Waals surface area contributed by atoms with Gasteiger partial charge in [0.15, 0.2) is 0 Å². The summed E-state index contributed by atoms with van der Waals surface area (Å²) in [5.41, 5.74) is 0.454. The normalized spacial score (nSPS) is 20.0. The number of amides is 1. The van der Waals surface area contributed by atoms with Crippen LogP contribution in [0.3, 0.4) is 0 Å². The van der Waals surface area contributed by atoms with Crippen LogP contribution in [0.2, 0.25) is 0 Å². The average molecular weight is 319 g/mol. The van der Waals surface area contributed by atoms with Gasteiger partial charge in [-0.05, 0) is 32.2 Å². The van der Waals surface area contributed by atoms with Crippen LogP contribution in [0.15, 0.2) is 24.3 Å². The van der Waals surface area contributed by atoms with Crippen LogP contribution in [0.1, 0.15) is 32.3 Å². The maximum atomic E-state index is 12.1. The summed E-state index contributed by atoms with van der Waals surface area (Å²) in [6, 6.07) is 6.67.